The molecule has 9 rings (SSSR count). The largest absolute Gasteiger partial charge is 0.310 e. The first-order valence-corrected chi connectivity index (χ1v) is 16.7. The molecular formula is C46H37N. The lowest BCUT2D eigenvalue weighted by molar-refractivity contribution is 0.660. The topological polar surface area (TPSA) is 3.24 Å². The summed E-state index contributed by atoms with van der Waals surface area (Å²) in [6, 6.07) is 56.3. The number of rotatable bonds is 4. The van der Waals surface area contributed by atoms with Crippen LogP contribution in [0.2, 0.25) is 0 Å². The summed E-state index contributed by atoms with van der Waals surface area (Å²) >= 11 is 0. The van der Waals surface area contributed by atoms with Gasteiger partial charge in [0.2, 0.25) is 0 Å². The third-order valence-corrected chi connectivity index (χ3v) is 10.9. The predicted octanol–water partition coefficient (Wildman–Crippen LogP) is 12.6. The predicted molar refractivity (Wildman–Crippen MR) is 199 cm³/mol. The van der Waals surface area contributed by atoms with E-state index in [0.29, 0.717) is 0 Å². The molecule has 47 heavy (non-hydrogen) atoms. The molecule has 0 bridgehead atoms. The third-order valence-electron chi connectivity index (χ3n) is 10.9. The van der Waals surface area contributed by atoms with Gasteiger partial charge >= 0.3 is 0 Å². The fourth-order valence-corrected chi connectivity index (χ4v) is 8.35. The summed E-state index contributed by atoms with van der Waals surface area (Å²) in [5.41, 5.74) is 16.7. The van der Waals surface area contributed by atoms with Crippen molar-refractivity contribution in [3.05, 3.63) is 174 Å². The Bertz CT molecular complexity index is 2360. The second-order valence-corrected chi connectivity index (χ2v) is 14.2. The summed E-state index contributed by atoms with van der Waals surface area (Å²) in [6.07, 6.45) is 0. The summed E-state index contributed by atoms with van der Waals surface area (Å²) in [6.45, 7) is 9.45. The van der Waals surface area contributed by atoms with Gasteiger partial charge in [-0.05, 0) is 97.2 Å². The van der Waals surface area contributed by atoms with Gasteiger partial charge in [-0.3, -0.25) is 0 Å². The Hall–Kier alpha value is -5.40. The van der Waals surface area contributed by atoms with Crippen LogP contribution in [0.5, 0.6) is 0 Å². The van der Waals surface area contributed by atoms with Crippen molar-refractivity contribution in [2.24, 2.45) is 0 Å². The molecule has 1 nitrogen and oxygen atoms in total. The number of fused-ring (bicyclic) bond motifs is 7. The summed E-state index contributed by atoms with van der Waals surface area (Å²) in [4.78, 5) is 2.49. The van der Waals surface area contributed by atoms with Crippen LogP contribution in [-0.2, 0) is 10.8 Å². The quantitative estimate of drug-likeness (QED) is 0.193. The first-order valence-electron chi connectivity index (χ1n) is 16.7. The van der Waals surface area contributed by atoms with Crippen molar-refractivity contribution in [1.82, 2.24) is 0 Å². The van der Waals surface area contributed by atoms with E-state index in [0.717, 1.165) is 5.69 Å². The molecule has 0 radical (unpaired) electrons. The van der Waals surface area contributed by atoms with Gasteiger partial charge in [0.15, 0.2) is 0 Å². The van der Waals surface area contributed by atoms with E-state index in [-0.39, 0.29) is 10.8 Å². The van der Waals surface area contributed by atoms with Crippen LogP contribution in [0.25, 0.3) is 44.2 Å². The maximum absolute atomic E-state index is 2.49. The van der Waals surface area contributed by atoms with E-state index in [9.17, 15) is 0 Å². The number of nitrogens with zero attached hydrogens (tertiary/aromatic N) is 1. The second-order valence-electron chi connectivity index (χ2n) is 14.2. The highest BCUT2D eigenvalue weighted by atomic mass is 15.1. The highest BCUT2D eigenvalue weighted by molar-refractivity contribution is 5.96. The van der Waals surface area contributed by atoms with Gasteiger partial charge in [0, 0.05) is 27.8 Å². The van der Waals surface area contributed by atoms with Crippen LogP contribution in [0.1, 0.15) is 49.9 Å². The molecule has 0 atom stereocenters. The molecule has 2 aliphatic carbocycles. The molecule has 0 N–H and O–H groups in total. The van der Waals surface area contributed by atoms with Crippen molar-refractivity contribution in [1.29, 1.82) is 0 Å². The molecular weight excluding hydrogens is 567 g/mol. The zero-order valence-electron chi connectivity index (χ0n) is 27.4. The van der Waals surface area contributed by atoms with Gasteiger partial charge in [0.05, 0.1) is 5.69 Å². The smallest absolute Gasteiger partial charge is 0.0543 e. The average molecular weight is 604 g/mol. The Labute approximate surface area is 277 Å². The van der Waals surface area contributed by atoms with Crippen LogP contribution >= 0.6 is 0 Å². The highest BCUT2D eigenvalue weighted by Crippen LogP contribution is 2.55. The molecule has 2 aliphatic rings. The summed E-state index contributed by atoms with van der Waals surface area (Å²) < 4.78 is 0. The van der Waals surface area contributed by atoms with E-state index in [4.69, 9.17) is 0 Å². The van der Waals surface area contributed by atoms with Crippen LogP contribution in [0.4, 0.5) is 17.1 Å². The van der Waals surface area contributed by atoms with Gasteiger partial charge in [-0.1, -0.05) is 143 Å². The monoisotopic (exact) mass is 603 g/mol. The van der Waals surface area contributed by atoms with Crippen molar-refractivity contribution in [2.75, 3.05) is 4.90 Å². The number of hydrogen-bond acceptors (Lipinski definition) is 1. The number of anilines is 3. The van der Waals surface area contributed by atoms with E-state index in [1.807, 2.05) is 0 Å². The van der Waals surface area contributed by atoms with Crippen LogP contribution in [0.3, 0.4) is 0 Å². The Kier molecular flexibility index (Phi) is 5.96. The molecule has 0 fully saturated rings. The molecule has 0 spiro atoms. The standard InChI is InChI=1S/C46H37N/c1-45(2)40-17-10-8-15-38(40)44-41(45)18-11-19-43(44)47(35-26-27-37-36-14-7-9-16-39(36)46(3,4)42(37)29-35)34-24-22-31(23-25-34)33-21-20-30-12-5-6-13-32(30)28-33/h5-29H,1-4H3. The maximum atomic E-state index is 2.49. The first-order chi connectivity index (χ1) is 22.8. The SMILES string of the molecule is CC1(C)c2ccccc2-c2ccc(N(c3ccc(-c4ccc5ccccc5c4)cc3)c3cccc4c3-c3ccccc3C4(C)C)cc21. The second kappa shape index (κ2) is 10.0. The van der Waals surface area contributed by atoms with E-state index in [2.05, 4.69) is 184 Å². The molecule has 7 aromatic carbocycles. The van der Waals surface area contributed by atoms with Gasteiger partial charge in [-0.2, -0.15) is 0 Å². The molecule has 1 heteroatoms. The fraction of sp³-hybridized carbons (Fsp3) is 0.130. The van der Waals surface area contributed by atoms with Crippen molar-refractivity contribution in [3.63, 3.8) is 0 Å². The molecule has 0 amide bonds. The fourth-order valence-electron chi connectivity index (χ4n) is 8.35. The van der Waals surface area contributed by atoms with E-state index < -0.39 is 0 Å². The Morgan fingerprint density at radius 2 is 0.957 bits per heavy atom. The minimum absolute atomic E-state index is 0.0743. The van der Waals surface area contributed by atoms with Gasteiger partial charge in [-0.25, -0.2) is 0 Å². The van der Waals surface area contributed by atoms with E-state index >= 15 is 0 Å². The minimum atomic E-state index is -0.0826. The molecule has 0 aromatic heterocycles. The van der Waals surface area contributed by atoms with Crippen LogP contribution in [-0.4, -0.2) is 0 Å². The van der Waals surface area contributed by atoms with Crippen molar-refractivity contribution < 1.29 is 0 Å². The van der Waals surface area contributed by atoms with Gasteiger partial charge in [-0.15, -0.1) is 0 Å². The zero-order chi connectivity index (χ0) is 31.9. The molecule has 0 unspecified atom stereocenters. The van der Waals surface area contributed by atoms with Crippen molar-refractivity contribution in [3.8, 4) is 33.4 Å². The zero-order valence-corrected chi connectivity index (χ0v) is 27.4. The third kappa shape index (κ3) is 4.09. The average Bonchev–Trinajstić information content (AvgIpc) is 3.48. The summed E-state index contributed by atoms with van der Waals surface area (Å²) in [5, 5.41) is 2.53. The molecule has 0 saturated carbocycles. The number of hydrogen-bond donors (Lipinski definition) is 0. The Balaban J connectivity index is 1.24. The summed E-state index contributed by atoms with van der Waals surface area (Å²) in [5.74, 6) is 0. The Morgan fingerprint density at radius 1 is 0.383 bits per heavy atom. The van der Waals surface area contributed by atoms with E-state index in [1.165, 1.54) is 77.8 Å². The van der Waals surface area contributed by atoms with Crippen LogP contribution in [0.15, 0.2) is 152 Å². The molecule has 7 aromatic rings. The van der Waals surface area contributed by atoms with Gasteiger partial charge in [0.1, 0.15) is 0 Å². The molecule has 0 aliphatic heterocycles. The lowest BCUT2D eigenvalue weighted by Gasteiger charge is -2.30. The van der Waals surface area contributed by atoms with Crippen LogP contribution < -0.4 is 4.90 Å². The Morgan fingerprint density at radius 3 is 1.74 bits per heavy atom. The van der Waals surface area contributed by atoms with Crippen LogP contribution in [0, 0.1) is 0 Å². The molecule has 0 heterocycles. The first kappa shape index (κ1) is 27.9. The summed E-state index contributed by atoms with van der Waals surface area (Å²) in [7, 11) is 0. The minimum Gasteiger partial charge on any atom is -0.310 e. The van der Waals surface area contributed by atoms with Gasteiger partial charge < -0.3 is 4.90 Å². The lowest BCUT2D eigenvalue weighted by atomic mass is 9.82. The number of benzene rings is 7. The normalized spacial score (nSPS) is 14.7. The highest BCUT2D eigenvalue weighted by Gasteiger charge is 2.39. The van der Waals surface area contributed by atoms with E-state index in [1.54, 1.807) is 0 Å². The van der Waals surface area contributed by atoms with Gasteiger partial charge in [0.25, 0.3) is 0 Å². The molecule has 0 saturated heterocycles. The lowest BCUT2D eigenvalue weighted by Crippen LogP contribution is -2.17. The molecule has 226 valence electrons. The maximum Gasteiger partial charge on any atom is 0.0543 e. The van der Waals surface area contributed by atoms with Crippen molar-refractivity contribution >= 4 is 27.8 Å². The van der Waals surface area contributed by atoms with Crippen molar-refractivity contribution in [2.45, 2.75) is 38.5 Å².